The molecule has 126 valence electrons. The van der Waals surface area contributed by atoms with Gasteiger partial charge in [-0.05, 0) is 37.3 Å². The monoisotopic (exact) mass is 310 g/mol. The molecule has 0 atom stereocenters. The zero-order valence-electron chi connectivity index (χ0n) is 14.1. The topological polar surface area (TPSA) is 66.8 Å². The molecule has 4 nitrogen and oxygen atoms in total. The summed E-state index contributed by atoms with van der Waals surface area (Å²) in [6, 6.07) is 5.08. The van der Waals surface area contributed by atoms with Crippen molar-refractivity contribution in [1.82, 2.24) is 0 Å². The number of hydrogen-bond acceptors (Lipinski definition) is 4. The van der Waals surface area contributed by atoms with E-state index in [9.17, 15) is 9.90 Å². The van der Waals surface area contributed by atoms with Crippen molar-refractivity contribution in [3.05, 3.63) is 23.8 Å². The Labute approximate surface area is 134 Å². The Morgan fingerprint density at radius 3 is 2.32 bits per heavy atom. The highest BCUT2D eigenvalue weighted by Crippen LogP contribution is 2.28. The molecule has 0 spiro atoms. The number of carbonyl (C=O) groups excluding carboxylic acids is 1. The van der Waals surface area contributed by atoms with Crippen LogP contribution in [0.4, 0.5) is 0 Å². The zero-order valence-corrected chi connectivity index (χ0v) is 14.1. The minimum absolute atomic E-state index is 0.0244. The number of esters is 1. The summed E-state index contributed by atoms with van der Waals surface area (Å²) >= 11 is 0. The molecule has 0 fully saturated rings. The predicted molar refractivity (Wildman–Crippen MR) is 89.2 cm³/mol. The lowest BCUT2D eigenvalue weighted by molar-refractivity contribution is -0.143. The highest BCUT2D eigenvalue weighted by atomic mass is 16.5. The number of benzene rings is 1. The molecule has 0 aliphatic rings. The summed E-state index contributed by atoms with van der Waals surface area (Å²) < 4.78 is 4.88. The highest BCUT2D eigenvalue weighted by molar-refractivity contribution is 5.69. The lowest BCUT2D eigenvalue weighted by Gasteiger charge is -2.04. The quantitative estimate of drug-likeness (QED) is 0.419. The Bertz CT molecular complexity index is 416. The number of para-hydroxylation sites is 1. The van der Waals surface area contributed by atoms with Gasteiger partial charge >= 0.3 is 5.97 Å². The van der Waals surface area contributed by atoms with Crippen LogP contribution in [0.5, 0.6) is 11.5 Å². The molecule has 0 saturated heterocycles. The molecule has 4 heteroatoms. The van der Waals surface area contributed by atoms with Gasteiger partial charge in [0.1, 0.15) is 0 Å². The standard InChI is InChI=1S/C10H14O2.C8H16O2/c1-2-3-5-8-6-4-7-9(11)10(8)12;1-3-5-7-10-8(9)6-4-2/h4,6-7,11-12H,2-3,5H2,1H3;3-7H2,1-2H3. The Hall–Kier alpha value is -1.71. The predicted octanol–water partition coefficient (Wildman–Crippen LogP) is 4.57. The van der Waals surface area contributed by atoms with Gasteiger partial charge in [0.05, 0.1) is 6.61 Å². The van der Waals surface area contributed by atoms with E-state index in [2.05, 4.69) is 13.8 Å². The van der Waals surface area contributed by atoms with Crippen molar-refractivity contribution in [2.75, 3.05) is 6.61 Å². The number of unbranched alkanes of at least 4 members (excludes halogenated alkanes) is 2. The van der Waals surface area contributed by atoms with Crippen molar-refractivity contribution in [3.63, 3.8) is 0 Å². The molecule has 1 rings (SSSR count). The van der Waals surface area contributed by atoms with Gasteiger partial charge in [-0.2, -0.15) is 0 Å². The van der Waals surface area contributed by atoms with E-state index in [-0.39, 0.29) is 17.5 Å². The van der Waals surface area contributed by atoms with Crippen LogP contribution in [0.1, 0.15) is 64.9 Å². The normalized spacial score (nSPS) is 9.77. The van der Waals surface area contributed by atoms with Gasteiger partial charge in [0.2, 0.25) is 0 Å². The van der Waals surface area contributed by atoms with Gasteiger partial charge in [-0.25, -0.2) is 0 Å². The van der Waals surface area contributed by atoms with Crippen LogP contribution in [0.3, 0.4) is 0 Å². The number of carbonyl (C=O) groups is 1. The maximum atomic E-state index is 10.7. The average molecular weight is 310 g/mol. The largest absolute Gasteiger partial charge is 0.504 e. The average Bonchev–Trinajstić information content (AvgIpc) is 2.50. The first-order chi connectivity index (χ1) is 10.6. The zero-order chi connectivity index (χ0) is 16.8. The van der Waals surface area contributed by atoms with Gasteiger partial charge in [0.25, 0.3) is 0 Å². The molecule has 0 unspecified atom stereocenters. The fourth-order valence-electron chi connectivity index (χ4n) is 1.75. The lowest BCUT2D eigenvalue weighted by atomic mass is 10.1. The number of aromatic hydroxyl groups is 2. The van der Waals surface area contributed by atoms with E-state index in [1.54, 1.807) is 6.07 Å². The first kappa shape index (κ1) is 20.3. The fourth-order valence-corrected chi connectivity index (χ4v) is 1.75. The molecule has 0 radical (unpaired) electrons. The second-order valence-electron chi connectivity index (χ2n) is 5.21. The third kappa shape index (κ3) is 9.27. The van der Waals surface area contributed by atoms with E-state index < -0.39 is 0 Å². The Balaban J connectivity index is 0.000000409. The van der Waals surface area contributed by atoms with Crippen molar-refractivity contribution < 1.29 is 19.7 Å². The van der Waals surface area contributed by atoms with Crippen molar-refractivity contribution >= 4 is 5.97 Å². The summed E-state index contributed by atoms with van der Waals surface area (Å²) in [5.74, 6) is -0.0505. The molecule has 0 saturated carbocycles. The molecule has 1 aromatic carbocycles. The number of hydrogen-bond donors (Lipinski definition) is 2. The highest BCUT2D eigenvalue weighted by Gasteiger charge is 2.03. The van der Waals surface area contributed by atoms with Crippen molar-refractivity contribution in [1.29, 1.82) is 0 Å². The molecule has 1 aromatic rings. The molecule has 0 heterocycles. The first-order valence-corrected chi connectivity index (χ1v) is 8.22. The molecular weight excluding hydrogens is 280 g/mol. The fraction of sp³-hybridized carbons (Fsp3) is 0.611. The maximum Gasteiger partial charge on any atom is 0.305 e. The van der Waals surface area contributed by atoms with Crippen LogP contribution in [-0.4, -0.2) is 22.8 Å². The second-order valence-corrected chi connectivity index (χ2v) is 5.21. The molecule has 0 amide bonds. The number of rotatable bonds is 8. The minimum atomic E-state index is -0.0593. The third-order valence-electron chi connectivity index (χ3n) is 3.11. The summed E-state index contributed by atoms with van der Waals surface area (Å²) in [6.07, 6.45) is 6.46. The molecule has 2 N–H and O–H groups in total. The smallest absolute Gasteiger partial charge is 0.305 e. The molecule has 0 aliphatic heterocycles. The molecule has 22 heavy (non-hydrogen) atoms. The Morgan fingerprint density at radius 2 is 1.73 bits per heavy atom. The summed E-state index contributed by atoms with van der Waals surface area (Å²) in [5, 5.41) is 18.5. The first-order valence-electron chi connectivity index (χ1n) is 8.22. The Kier molecular flexibility index (Phi) is 12.0. The molecule has 0 bridgehead atoms. The SMILES string of the molecule is CCCCOC(=O)CCC.CCCCc1cccc(O)c1O. The maximum absolute atomic E-state index is 10.7. The van der Waals surface area contributed by atoms with Crippen LogP contribution in [-0.2, 0) is 16.0 Å². The van der Waals surface area contributed by atoms with Gasteiger partial charge in [-0.3, -0.25) is 4.79 Å². The molecule has 0 aromatic heterocycles. The number of ether oxygens (including phenoxy) is 1. The van der Waals surface area contributed by atoms with Crippen molar-refractivity contribution in [2.45, 2.75) is 65.7 Å². The van der Waals surface area contributed by atoms with E-state index in [0.29, 0.717) is 13.0 Å². The summed E-state index contributed by atoms with van der Waals surface area (Å²) in [4.78, 5) is 10.7. The second kappa shape index (κ2) is 13.0. The number of phenols is 2. The summed E-state index contributed by atoms with van der Waals surface area (Å²) in [6.45, 7) is 6.74. The van der Waals surface area contributed by atoms with E-state index in [0.717, 1.165) is 44.1 Å². The van der Waals surface area contributed by atoms with Gasteiger partial charge < -0.3 is 14.9 Å². The van der Waals surface area contributed by atoms with E-state index >= 15 is 0 Å². The summed E-state index contributed by atoms with van der Waals surface area (Å²) in [5.41, 5.74) is 0.830. The lowest BCUT2D eigenvalue weighted by Crippen LogP contribution is -2.04. The van der Waals surface area contributed by atoms with Gasteiger partial charge in [0, 0.05) is 6.42 Å². The Morgan fingerprint density at radius 1 is 1.05 bits per heavy atom. The minimum Gasteiger partial charge on any atom is -0.504 e. The molecule has 0 aliphatic carbocycles. The van der Waals surface area contributed by atoms with E-state index in [1.165, 1.54) is 6.07 Å². The molecular formula is C18H30O4. The summed E-state index contributed by atoms with van der Waals surface area (Å²) in [7, 11) is 0. The van der Waals surface area contributed by atoms with Crippen LogP contribution in [0.25, 0.3) is 0 Å². The van der Waals surface area contributed by atoms with Crippen LogP contribution in [0, 0.1) is 0 Å². The van der Waals surface area contributed by atoms with Crippen LogP contribution in [0.15, 0.2) is 18.2 Å². The third-order valence-corrected chi connectivity index (χ3v) is 3.11. The van der Waals surface area contributed by atoms with Crippen LogP contribution < -0.4 is 0 Å². The van der Waals surface area contributed by atoms with Crippen molar-refractivity contribution in [2.24, 2.45) is 0 Å². The number of aryl methyl sites for hydroxylation is 1. The van der Waals surface area contributed by atoms with Crippen LogP contribution >= 0.6 is 0 Å². The number of phenolic OH excluding ortho intramolecular Hbond substituents is 2. The van der Waals surface area contributed by atoms with Gasteiger partial charge in [-0.1, -0.05) is 45.7 Å². The van der Waals surface area contributed by atoms with Gasteiger partial charge in [0.15, 0.2) is 11.5 Å². The van der Waals surface area contributed by atoms with Crippen molar-refractivity contribution in [3.8, 4) is 11.5 Å². The van der Waals surface area contributed by atoms with E-state index in [1.807, 2.05) is 13.0 Å². The van der Waals surface area contributed by atoms with Crippen LogP contribution in [0.2, 0.25) is 0 Å². The van der Waals surface area contributed by atoms with E-state index in [4.69, 9.17) is 9.84 Å². The van der Waals surface area contributed by atoms with Gasteiger partial charge in [-0.15, -0.1) is 0 Å².